The number of amides is 1. The van der Waals surface area contributed by atoms with Gasteiger partial charge in [-0.05, 0) is 37.5 Å². The number of carboxylic acid groups (broad SMARTS) is 1. The molecule has 3 aromatic rings. The fraction of sp³-hybridized carbons (Fsp3) is 0.217. The Morgan fingerprint density at radius 2 is 1.81 bits per heavy atom. The third kappa shape index (κ3) is 4.05. The van der Waals surface area contributed by atoms with E-state index in [1.165, 1.54) is 18.2 Å². The van der Waals surface area contributed by atoms with Gasteiger partial charge in [0.25, 0.3) is 5.91 Å². The van der Waals surface area contributed by atoms with Crippen molar-refractivity contribution in [3.05, 3.63) is 75.5 Å². The number of ether oxygens (including phenoxy) is 1. The molecule has 0 aromatic heterocycles. The molecule has 4 rings (SSSR count). The van der Waals surface area contributed by atoms with Crippen molar-refractivity contribution in [1.29, 1.82) is 0 Å². The SMILES string of the molecule is O=C(NC1(C(=O)O)CCC1)c1cc(Cl)c2ccccc2c1OCc1ccc(Cl)cc1F. The second-order valence-electron chi connectivity index (χ2n) is 7.50. The van der Waals surface area contributed by atoms with Crippen LogP contribution in [0.5, 0.6) is 5.75 Å². The van der Waals surface area contributed by atoms with Crippen LogP contribution < -0.4 is 10.1 Å². The summed E-state index contributed by atoms with van der Waals surface area (Å²) in [5.41, 5.74) is -0.948. The standard InChI is InChI=1S/C23H18Cl2FNO4/c24-14-7-6-13(19(26)10-14)12-31-20-16-5-2-1-4-15(16)18(25)11-17(20)21(28)27-23(22(29)30)8-3-9-23/h1-2,4-7,10-11H,3,8-9,12H2,(H,27,28)(H,29,30). The lowest BCUT2D eigenvalue weighted by molar-refractivity contribution is -0.148. The minimum absolute atomic E-state index is 0.0885. The minimum Gasteiger partial charge on any atom is -0.487 e. The Bertz CT molecular complexity index is 1190. The number of aliphatic carboxylic acids is 1. The molecule has 3 aromatic carbocycles. The number of carbonyl (C=O) groups excluding carboxylic acids is 1. The molecule has 0 spiro atoms. The second kappa shape index (κ2) is 8.36. The Morgan fingerprint density at radius 1 is 1.10 bits per heavy atom. The number of nitrogens with one attached hydrogen (secondary N) is 1. The number of rotatable bonds is 6. The molecule has 0 saturated heterocycles. The quantitative estimate of drug-likeness (QED) is 0.500. The van der Waals surface area contributed by atoms with Gasteiger partial charge in [0.05, 0.1) is 5.56 Å². The second-order valence-corrected chi connectivity index (χ2v) is 8.34. The van der Waals surface area contributed by atoms with Crippen molar-refractivity contribution in [2.75, 3.05) is 0 Å². The molecule has 1 amide bonds. The summed E-state index contributed by atoms with van der Waals surface area (Å²) in [7, 11) is 0. The van der Waals surface area contributed by atoms with Crippen LogP contribution >= 0.6 is 23.2 Å². The topological polar surface area (TPSA) is 75.6 Å². The van der Waals surface area contributed by atoms with Crippen molar-refractivity contribution in [3.63, 3.8) is 0 Å². The number of halogens is 3. The van der Waals surface area contributed by atoms with Gasteiger partial charge < -0.3 is 15.2 Å². The molecule has 31 heavy (non-hydrogen) atoms. The zero-order valence-electron chi connectivity index (χ0n) is 16.3. The van der Waals surface area contributed by atoms with E-state index in [1.54, 1.807) is 30.3 Å². The van der Waals surface area contributed by atoms with Gasteiger partial charge >= 0.3 is 5.97 Å². The van der Waals surface area contributed by atoms with Gasteiger partial charge in [-0.1, -0.05) is 53.5 Å². The maximum Gasteiger partial charge on any atom is 0.329 e. The van der Waals surface area contributed by atoms with Crippen molar-refractivity contribution in [2.24, 2.45) is 0 Å². The molecular formula is C23H18Cl2FNO4. The first kappa shape index (κ1) is 21.4. The Balaban J connectivity index is 1.74. The van der Waals surface area contributed by atoms with E-state index in [0.29, 0.717) is 35.1 Å². The van der Waals surface area contributed by atoms with E-state index in [2.05, 4.69) is 5.32 Å². The van der Waals surface area contributed by atoms with Gasteiger partial charge in [-0.2, -0.15) is 0 Å². The zero-order chi connectivity index (χ0) is 22.2. The number of hydrogen-bond acceptors (Lipinski definition) is 3. The van der Waals surface area contributed by atoms with Crippen LogP contribution in [-0.4, -0.2) is 22.5 Å². The van der Waals surface area contributed by atoms with Gasteiger partial charge in [0.1, 0.15) is 23.7 Å². The van der Waals surface area contributed by atoms with Crippen LogP contribution in [0.25, 0.3) is 10.8 Å². The summed E-state index contributed by atoms with van der Waals surface area (Å²) in [6, 6.07) is 12.8. The number of hydrogen-bond donors (Lipinski definition) is 2. The van der Waals surface area contributed by atoms with Crippen LogP contribution in [0.1, 0.15) is 35.2 Å². The normalized spacial score (nSPS) is 14.7. The molecule has 1 fully saturated rings. The molecule has 160 valence electrons. The molecule has 0 aliphatic heterocycles. The summed E-state index contributed by atoms with van der Waals surface area (Å²) >= 11 is 12.2. The smallest absolute Gasteiger partial charge is 0.329 e. The van der Waals surface area contributed by atoms with Crippen LogP contribution in [0.3, 0.4) is 0 Å². The summed E-state index contributed by atoms with van der Waals surface area (Å²) in [5, 5.41) is 14.0. The van der Waals surface area contributed by atoms with Gasteiger partial charge in [-0.3, -0.25) is 4.79 Å². The molecule has 2 N–H and O–H groups in total. The van der Waals surface area contributed by atoms with Crippen molar-refractivity contribution in [2.45, 2.75) is 31.4 Å². The minimum atomic E-state index is -1.30. The lowest BCUT2D eigenvalue weighted by Crippen LogP contribution is -2.59. The van der Waals surface area contributed by atoms with E-state index in [0.717, 1.165) is 0 Å². The number of benzene rings is 3. The van der Waals surface area contributed by atoms with Crippen molar-refractivity contribution < 1.29 is 23.8 Å². The van der Waals surface area contributed by atoms with E-state index in [1.807, 2.05) is 0 Å². The maximum atomic E-state index is 14.2. The molecule has 0 radical (unpaired) electrons. The van der Waals surface area contributed by atoms with E-state index in [9.17, 15) is 19.1 Å². The van der Waals surface area contributed by atoms with Crippen LogP contribution in [0.4, 0.5) is 4.39 Å². The van der Waals surface area contributed by atoms with E-state index in [-0.39, 0.29) is 28.5 Å². The highest BCUT2D eigenvalue weighted by atomic mass is 35.5. The lowest BCUT2D eigenvalue weighted by Gasteiger charge is -2.38. The van der Waals surface area contributed by atoms with Gasteiger partial charge in [-0.25, -0.2) is 9.18 Å². The van der Waals surface area contributed by atoms with Crippen molar-refractivity contribution >= 4 is 45.9 Å². The first-order chi connectivity index (χ1) is 14.8. The van der Waals surface area contributed by atoms with Crippen LogP contribution in [-0.2, 0) is 11.4 Å². The summed E-state index contributed by atoms with van der Waals surface area (Å²) in [6.45, 7) is -0.154. The third-order valence-electron chi connectivity index (χ3n) is 5.55. The molecule has 0 heterocycles. The third-order valence-corrected chi connectivity index (χ3v) is 6.09. The first-order valence-electron chi connectivity index (χ1n) is 9.64. The molecule has 1 aliphatic rings. The largest absolute Gasteiger partial charge is 0.487 e. The molecule has 0 bridgehead atoms. The lowest BCUT2D eigenvalue weighted by atomic mass is 9.76. The van der Waals surface area contributed by atoms with E-state index in [4.69, 9.17) is 27.9 Å². The average Bonchev–Trinajstić information content (AvgIpc) is 2.70. The predicted octanol–water partition coefficient (Wildman–Crippen LogP) is 5.60. The Morgan fingerprint density at radius 3 is 2.42 bits per heavy atom. The Kier molecular flexibility index (Phi) is 5.77. The fourth-order valence-electron chi connectivity index (χ4n) is 3.62. The first-order valence-corrected chi connectivity index (χ1v) is 10.4. The van der Waals surface area contributed by atoms with E-state index >= 15 is 0 Å². The molecule has 1 aliphatic carbocycles. The Labute approximate surface area is 187 Å². The number of fused-ring (bicyclic) bond motifs is 1. The molecule has 8 heteroatoms. The predicted molar refractivity (Wildman–Crippen MR) is 116 cm³/mol. The summed E-state index contributed by atoms with van der Waals surface area (Å²) < 4.78 is 20.1. The number of carboxylic acids is 1. The van der Waals surface area contributed by atoms with Crippen LogP contribution in [0.2, 0.25) is 10.0 Å². The van der Waals surface area contributed by atoms with Crippen LogP contribution in [0, 0.1) is 5.82 Å². The van der Waals surface area contributed by atoms with Gasteiger partial charge in [0, 0.05) is 26.4 Å². The van der Waals surface area contributed by atoms with Crippen molar-refractivity contribution in [1.82, 2.24) is 5.32 Å². The van der Waals surface area contributed by atoms with E-state index < -0.39 is 23.2 Å². The van der Waals surface area contributed by atoms with Gasteiger partial charge in [0.15, 0.2) is 0 Å². The zero-order valence-corrected chi connectivity index (χ0v) is 17.8. The number of carbonyl (C=O) groups is 2. The Hall–Kier alpha value is -2.83. The summed E-state index contributed by atoms with van der Waals surface area (Å²) in [6.07, 6.45) is 1.41. The molecule has 0 atom stereocenters. The highest BCUT2D eigenvalue weighted by Gasteiger charge is 2.46. The monoisotopic (exact) mass is 461 g/mol. The van der Waals surface area contributed by atoms with Crippen molar-refractivity contribution in [3.8, 4) is 5.75 Å². The average molecular weight is 462 g/mol. The molecule has 5 nitrogen and oxygen atoms in total. The highest BCUT2D eigenvalue weighted by molar-refractivity contribution is 6.36. The fourth-order valence-corrected chi connectivity index (χ4v) is 4.06. The summed E-state index contributed by atoms with van der Waals surface area (Å²) in [4.78, 5) is 24.8. The molecule has 0 unspecified atom stereocenters. The van der Waals surface area contributed by atoms with Gasteiger partial charge in [-0.15, -0.1) is 0 Å². The molecule has 1 saturated carbocycles. The maximum absolute atomic E-state index is 14.2. The van der Waals surface area contributed by atoms with Crippen LogP contribution in [0.15, 0.2) is 48.5 Å². The van der Waals surface area contributed by atoms with Gasteiger partial charge in [0.2, 0.25) is 0 Å². The summed E-state index contributed by atoms with van der Waals surface area (Å²) in [5.74, 6) is -2.02. The highest BCUT2D eigenvalue weighted by Crippen LogP contribution is 2.38. The molecular weight excluding hydrogens is 444 g/mol.